The lowest BCUT2D eigenvalue weighted by molar-refractivity contribution is 0.484. The smallest absolute Gasteiger partial charge is 0.232 e. The van der Waals surface area contributed by atoms with Crippen LogP contribution in [0.3, 0.4) is 0 Å². The number of alkyl halides is 1. The summed E-state index contributed by atoms with van der Waals surface area (Å²) in [5, 5.41) is 3.20. The quantitative estimate of drug-likeness (QED) is 0.284. The first-order valence-corrected chi connectivity index (χ1v) is 13.0. The number of anilines is 3. The Labute approximate surface area is 207 Å². The number of halogens is 2. The Morgan fingerprint density at radius 3 is 2.61 bits per heavy atom. The minimum absolute atomic E-state index is 0.0606. The van der Waals surface area contributed by atoms with Crippen LogP contribution in [-0.4, -0.2) is 47.3 Å². The van der Waals surface area contributed by atoms with E-state index >= 15 is 4.39 Å². The molecule has 0 amide bonds. The molecule has 1 aromatic carbocycles. The van der Waals surface area contributed by atoms with Crippen LogP contribution in [0.1, 0.15) is 19.8 Å². The van der Waals surface area contributed by atoms with E-state index in [0.29, 0.717) is 16.9 Å². The molecular weight excluding hydrogens is 488 g/mol. The van der Waals surface area contributed by atoms with Gasteiger partial charge in [0.1, 0.15) is 11.3 Å². The van der Waals surface area contributed by atoms with Gasteiger partial charge in [-0.25, -0.2) is 32.7 Å². The van der Waals surface area contributed by atoms with Gasteiger partial charge in [0.05, 0.1) is 29.3 Å². The molecule has 0 saturated heterocycles. The van der Waals surface area contributed by atoms with Crippen molar-refractivity contribution >= 4 is 38.4 Å². The third-order valence-electron chi connectivity index (χ3n) is 5.23. The highest BCUT2D eigenvalue weighted by atomic mass is 32.2. The predicted molar refractivity (Wildman–Crippen MR) is 137 cm³/mol. The van der Waals surface area contributed by atoms with Crippen LogP contribution in [0.25, 0.3) is 33.7 Å². The molecule has 3 heterocycles. The summed E-state index contributed by atoms with van der Waals surface area (Å²) in [4.78, 5) is 17.7. The van der Waals surface area contributed by atoms with Crippen molar-refractivity contribution in [3.63, 3.8) is 0 Å². The average molecular weight is 514 g/mol. The molecule has 0 radical (unpaired) electrons. The minimum Gasteiger partial charge on any atom is -0.382 e. The van der Waals surface area contributed by atoms with Crippen LogP contribution in [0.15, 0.2) is 48.7 Å². The van der Waals surface area contributed by atoms with Crippen LogP contribution < -0.4 is 15.8 Å². The number of nitrogens with zero attached hydrogens (tertiary/aromatic N) is 4. The summed E-state index contributed by atoms with van der Waals surface area (Å²) in [6.45, 7) is 2.10. The SMILES string of the molecule is CCCNc1ccc(-c2nc(N)c3nc(-c4cccc(NS(=O)(=O)CCCF)c4F)ccc3n2)cn1. The van der Waals surface area contributed by atoms with E-state index in [1.165, 1.54) is 18.2 Å². The van der Waals surface area contributed by atoms with Gasteiger partial charge in [-0.3, -0.25) is 9.11 Å². The maximum Gasteiger partial charge on any atom is 0.232 e. The zero-order valence-corrected chi connectivity index (χ0v) is 20.3. The van der Waals surface area contributed by atoms with Crippen LogP contribution >= 0.6 is 0 Å². The van der Waals surface area contributed by atoms with E-state index < -0.39 is 28.3 Å². The molecule has 0 spiro atoms. The molecule has 4 aromatic rings. The Morgan fingerprint density at radius 2 is 1.89 bits per heavy atom. The summed E-state index contributed by atoms with van der Waals surface area (Å²) < 4.78 is 53.9. The summed E-state index contributed by atoms with van der Waals surface area (Å²) in [5.41, 5.74) is 7.61. The highest BCUT2D eigenvalue weighted by Gasteiger charge is 2.18. The lowest BCUT2D eigenvalue weighted by atomic mass is 10.1. The molecule has 0 aliphatic rings. The molecule has 3 aromatic heterocycles. The van der Waals surface area contributed by atoms with Crippen molar-refractivity contribution in [3.05, 3.63) is 54.5 Å². The maximum absolute atomic E-state index is 15.2. The summed E-state index contributed by atoms with van der Waals surface area (Å²) in [6, 6.07) is 11.1. The second-order valence-electron chi connectivity index (χ2n) is 7.99. The average Bonchev–Trinajstić information content (AvgIpc) is 2.87. The molecule has 0 saturated carbocycles. The fraction of sp³-hybridized carbons (Fsp3) is 0.250. The predicted octanol–water partition coefficient (Wildman–Crippen LogP) is 4.40. The summed E-state index contributed by atoms with van der Waals surface area (Å²) in [5.74, 6) is -0.0410. The number of aromatic nitrogens is 4. The number of fused-ring (bicyclic) bond motifs is 1. The Bertz CT molecular complexity index is 1480. The van der Waals surface area contributed by atoms with Crippen LogP contribution in [0.2, 0.25) is 0 Å². The molecule has 0 aliphatic carbocycles. The first-order valence-electron chi connectivity index (χ1n) is 11.3. The molecule has 4 N–H and O–H groups in total. The lowest BCUT2D eigenvalue weighted by Gasteiger charge is -2.12. The van der Waals surface area contributed by atoms with E-state index in [9.17, 15) is 12.8 Å². The molecular formula is C24H25F2N7O2S. The molecule has 36 heavy (non-hydrogen) atoms. The second kappa shape index (κ2) is 10.8. The van der Waals surface area contributed by atoms with Crippen molar-refractivity contribution in [1.29, 1.82) is 0 Å². The van der Waals surface area contributed by atoms with Gasteiger partial charge in [-0.05, 0) is 49.2 Å². The van der Waals surface area contributed by atoms with Crippen molar-refractivity contribution < 1.29 is 17.2 Å². The first-order chi connectivity index (χ1) is 17.3. The Hall–Kier alpha value is -3.93. The number of nitrogens with two attached hydrogens (primary N) is 1. The highest BCUT2D eigenvalue weighted by Crippen LogP contribution is 2.30. The van der Waals surface area contributed by atoms with Gasteiger partial charge in [-0.15, -0.1) is 0 Å². The normalized spacial score (nSPS) is 11.5. The summed E-state index contributed by atoms with van der Waals surface area (Å²) in [7, 11) is -3.90. The number of sulfonamides is 1. The van der Waals surface area contributed by atoms with Crippen molar-refractivity contribution in [2.24, 2.45) is 0 Å². The number of hydrogen-bond acceptors (Lipinski definition) is 8. The molecule has 9 nitrogen and oxygen atoms in total. The van der Waals surface area contributed by atoms with E-state index in [2.05, 4.69) is 36.9 Å². The number of pyridine rings is 2. The fourth-order valence-corrected chi connectivity index (χ4v) is 4.56. The molecule has 0 fully saturated rings. The minimum atomic E-state index is -3.90. The standard InChI is InChI=1S/C24H25F2N7O2S/c1-2-12-28-20-10-7-15(14-29-20)24-31-19-9-8-17(30-22(19)23(27)32-24)16-5-3-6-18(21(16)26)33-36(34,35)13-4-11-25/h3,5-10,14,33H,2,4,11-13H2,1H3,(H,28,29)(H2,27,31,32). The molecule has 0 aliphatic heterocycles. The number of benzene rings is 1. The molecule has 188 valence electrons. The highest BCUT2D eigenvalue weighted by molar-refractivity contribution is 7.92. The van der Waals surface area contributed by atoms with Gasteiger partial charge in [-0.1, -0.05) is 13.0 Å². The summed E-state index contributed by atoms with van der Waals surface area (Å²) >= 11 is 0. The van der Waals surface area contributed by atoms with Gasteiger partial charge in [0.15, 0.2) is 17.5 Å². The topological polar surface area (TPSA) is 136 Å². The van der Waals surface area contributed by atoms with E-state index in [1.807, 2.05) is 12.1 Å². The zero-order chi connectivity index (χ0) is 25.7. The molecule has 12 heteroatoms. The number of rotatable bonds is 10. The van der Waals surface area contributed by atoms with Gasteiger partial charge in [0, 0.05) is 23.9 Å². The van der Waals surface area contributed by atoms with Gasteiger partial charge < -0.3 is 11.1 Å². The van der Waals surface area contributed by atoms with Crippen LogP contribution in [0, 0.1) is 5.82 Å². The molecule has 0 atom stereocenters. The largest absolute Gasteiger partial charge is 0.382 e. The van der Waals surface area contributed by atoms with Gasteiger partial charge in [0.25, 0.3) is 0 Å². The monoisotopic (exact) mass is 513 g/mol. The van der Waals surface area contributed by atoms with Crippen LogP contribution in [-0.2, 0) is 10.0 Å². The third-order valence-corrected chi connectivity index (χ3v) is 6.59. The number of nitrogens with one attached hydrogen (secondary N) is 2. The Morgan fingerprint density at radius 1 is 1.06 bits per heavy atom. The summed E-state index contributed by atoms with van der Waals surface area (Å²) in [6.07, 6.45) is 2.45. The number of hydrogen-bond donors (Lipinski definition) is 3. The van der Waals surface area contributed by atoms with Crippen molar-refractivity contribution in [2.75, 3.05) is 34.7 Å². The molecule has 4 rings (SSSR count). The van der Waals surface area contributed by atoms with Crippen LogP contribution in [0.5, 0.6) is 0 Å². The second-order valence-corrected chi connectivity index (χ2v) is 9.83. The number of nitrogen functional groups attached to an aromatic ring is 1. The van der Waals surface area contributed by atoms with E-state index in [-0.39, 0.29) is 34.7 Å². The van der Waals surface area contributed by atoms with E-state index in [1.54, 1.807) is 18.3 Å². The Kier molecular flexibility index (Phi) is 7.53. The molecule has 0 unspecified atom stereocenters. The van der Waals surface area contributed by atoms with E-state index in [0.717, 1.165) is 18.8 Å². The van der Waals surface area contributed by atoms with E-state index in [4.69, 9.17) is 5.73 Å². The van der Waals surface area contributed by atoms with Crippen molar-refractivity contribution in [3.8, 4) is 22.6 Å². The van der Waals surface area contributed by atoms with Gasteiger partial charge >= 0.3 is 0 Å². The zero-order valence-electron chi connectivity index (χ0n) is 19.5. The van der Waals surface area contributed by atoms with Gasteiger partial charge in [-0.2, -0.15) is 0 Å². The maximum atomic E-state index is 15.2. The lowest BCUT2D eigenvalue weighted by Crippen LogP contribution is -2.18. The van der Waals surface area contributed by atoms with Crippen molar-refractivity contribution in [2.45, 2.75) is 19.8 Å². The first kappa shape index (κ1) is 25.2. The molecule has 0 bridgehead atoms. The third kappa shape index (κ3) is 5.65. The fourth-order valence-electron chi connectivity index (χ4n) is 3.47. The van der Waals surface area contributed by atoms with Crippen molar-refractivity contribution in [1.82, 2.24) is 19.9 Å². The van der Waals surface area contributed by atoms with Crippen LogP contribution in [0.4, 0.5) is 26.1 Å². The van der Waals surface area contributed by atoms with Gasteiger partial charge in [0.2, 0.25) is 10.0 Å². The Balaban J connectivity index is 1.65.